The number of carbonyl (C=O) groups is 2. The van der Waals surface area contributed by atoms with Gasteiger partial charge in [-0.3, -0.25) is 30.6 Å². The van der Waals surface area contributed by atoms with Gasteiger partial charge in [0.15, 0.2) is 0 Å². The minimum Gasteiger partial charge on any atom is -0.271 e. The van der Waals surface area contributed by atoms with Crippen molar-refractivity contribution in [2.75, 3.05) is 0 Å². The van der Waals surface area contributed by atoms with Gasteiger partial charge in [-0.15, -0.1) is 0 Å². The standard InChI is InChI=1S/C19H19N5O4/c25-18(10-9-13-5-4-8-15(11-13)24(27)28)22-23-19(26)17-12-16(20-21-17)14-6-2-1-3-7-14/h1-11,16-17,20-21H,12H2,(H,22,25)(H,23,26)/b10-9+. The van der Waals surface area contributed by atoms with E-state index in [1.165, 1.54) is 30.4 Å². The zero-order valence-electron chi connectivity index (χ0n) is 14.8. The van der Waals surface area contributed by atoms with E-state index in [0.717, 1.165) is 5.56 Å². The van der Waals surface area contributed by atoms with Crippen LogP contribution in [0.4, 0.5) is 5.69 Å². The van der Waals surface area contributed by atoms with Gasteiger partial charge >= 0.3 is 0 Å². The highest BCUT2D eigenvalue weighted by Crippen LogP contribution is 2.21. The maximum Gasteiger partial charge on any atom is 0.270 e. The van der Waals surface area contributed by atoms with E-state index in [9.17, 15) is 19.7 Å². The molecule has 1 heterocycles. The fourth-order valence-corrected chi connectivity index (χ4v) is 2.80. The predicted molar refractivity (Wildman–Crippen MR) is 102 cm³/mol. The van der Waals surface area contributed by atoms with E-state index in [2.05, 4.69) is 21.7 Å². The number of nitrogens with zero attached hydrogens (tertiary/aromatic N) is 1. The molecule has 0 aliphatic carbocycles. The third-order valence-corrected chi connectivity index (χ3v) is 4.24. The maximum atomic E-state index is 12.2. The molecule has 28 heavy (non-hydrogen) atoms. The third kappa shape index (κ3) is 5.00. The number of nitro groups is 1. The summed E-state index contributed by atoms with van der Waals surface area (Å²) in [5, 5.41) is 10.8. The molecule has 3 rings (SSSR count). The first kappa shape index (κ1) is 19.2. The Bertz CT molecular complexity index is 900. The average Bonchev–Trinajstić information content (AvgIpc) is 3.22. The van der Waals surface area contributed by atoms with E-state index in [-0.39, 0.29) is 17.6 Å². The van der Waals surface area contributed by atoms with Gasteiger partial charge in [-0.2, -0.15) is 0 Å². The lowest BCUT2D eigenvalue weighted by atomic mass is 10.0. The van der Waals surface area contributed by atoms with Gasteiger partial charge in [0.2, 0.25) is 0 Å². The summed E-state index contributed by atoms with van der Waals surface area (Å²) in [6.45, 7) is 0. The van der Waals surface area contributed by atoms with Gasteiger partial charge in [0, 0.05) is 24.3 Å². The summed E-state index contributed by atoms with van der Waals surface area (Å²) in [5.74, 6) is -0.923. The van der Waals surface area contributed by atoms with Crippen molar-refractivity contribution in [1.82, 2.24) is 21.7 Å². The molecule has 2 amide bonds. The Morgan fingerprint density at radius 1 is 1.07 bits per heavy atom. The number of nitro benzene ring substituents is 1. The number of benzene rings is 2. The van der Waals surface area contributed by atoms with Gasteiger partial charge in [-0.1, -0.05) is 42.5 Å². The average molecular weight is 381 g/mol. The molecular weight excluding hydrogens is 362 g/mol. The van der Waals surface area contributed by atoms with Crippen LogP contribution in [0.2, 0.25) is 0 Å². The molecule has 1 fully saturated rings. The van der Waals surface area contributed by atoms with Crippen LogP contribution in [-0.4, -0.2) is 22.8 Å². The molecule has 2 unspecified atom stereocenters. The van der Waals surface area contributed by atoms with Crippen LogP contribution in [0.25, 0.3) is 6.08 Å². The van der Waals surface area contributed by atoms with E-state index in [4.69, 9.17) is 0 Å². The lowest BCUT2D eigenvalue weighted by Crippen LogP contribution is -2.49. The molecule has 1 aliphatic rings. The smallest absolute Gasteiger partial charge is 0.270 e. The molecule has 4 N–H and O–H groups in total. The van der Waals surface area contributed by atoms with Gasteiger partial charge in [0.25, 0.3) is 17.5 Å². The largest absolute Gasteiger partial charge is 0.271 e. The Labute approximate surface area is 160 Å². The Kier molecular flexibility index (Phi) is 6.10. The Hall–Kier alpha value is -3.56. The number of hydrazine groups is 2. The summed E-state index contributed by atoms with van der Waals surface area (Å²) >= 11 is 0. The Morgan fingerprint density at radius 2 is 1.86 bits per heavy atom. The van der Waals surface area contributed by atoms with Crippen molar-refractivity contribution in [3.63, 3.8) is 0 Å². The molecule has 2 aromatic carbocycles. The van der Waals surface area contributed by atoms with Crippen LogP contribution in [-0.2, 0) is 9.59 Å². The van der Waals surface area contributed by atoms with Crippen molar-refractivity contribution in [2.24, 2.45) is 0 Å². The molecule has 9 heteroatoms. The molecule has 2 aromatic rings. The molecule has 144 valence electrons. The third-order valence-electron chi connectivity index (χ3n) is 4.24. The molecule has 0 aromatic heterocycles. The SMILES string of the molecule is O=C(/C=C/c1cccc([N+](=O)[O-])c1)NNC(=O)C1CC(c2ccccc2)NN1. The van der Waals surface area contributed by atoms with Crippen LogP contribution < -0.4 is 21.7 Å². The minimum absolute atomic E-state index is 0.00131. The Balaban J connectivity index is 1.47. The second-order valence-electron chi connectivity index (χ2n) is 6.20. The number of nitrogens with one attached hydrogen (secondary N) is 4. The van der Waals surface area contributed by atoms with E-state index >= 15 is 0 Å². The molecular formula is C19H19N5O4. The van der Waals surface area contributed by atoms with E-state index in [1.807, 2.05) is 30.3 Å². The second-order valence-corrected chi connectivity index (χ2v) is 6.20. The zero-order valence-corrected chi connectivity index (χ0v) is 14.8. The molecule has 0 saturated carbocycles. The van der Waals surface area contributed by atoms with Crippen LogP contribution in [0.5, 0.6) is 0 Å². The molecule has 0 bridgehead atoms. The quantitative estimate of drug-likeness (QED) is 0.352. The number of hydrogen-bond acceptors (Lipinski definition) is 6. The topological polar surface area (TPSA) is 125 Å². The highest BCUT2D eigenvalue weighted by atomic mass is 16.6. The summed E-state index contributed by atoms with van der Waals surface area (Å²) in [7, 11) is 0. The van der Waals surface area contributed by atoms with Crippen LogP contribution in [0.15, 0.2) is 60.7 Å². The first-order chi connectivity index (χ1) is 13.5. The van der Waals surface area contributed by atoms with Crippen molar-refractivity contribution in [2.45, 2.75) is 18.5 Å². The molecule has 1 saturated heterocycles. The van der Waals surface area contributed by atoms with Crippen molar-refractivity contribution in [3.05, 3.63) is 81.9 Å². The van der Waals surface area contributed by atoms with Crippen molar-refractivity contribution in [1.29, 1.82) is 0 Å². The highest BCUT2D eigenvalue weighted by Gasteiger charge is 2.30. The van der Waals surface area contributed by atoms with Crippen molar-refractivity contribution < 1.29 is 14.5 Å². The lowest BCUT2D eigenvalue weighted by molar-refractivity contribution is -0.384. The molecule has 0 radical (unpaired) electrons. The highest BCUT2D eigenvalue weighted by molar-refractivity contribution is 5.93. The number of hydrogen-bond donors (Lipinski definition) is 4. The first-order valence-corrected chi connectivity index (χ1v) is 8.61. The Morgan fingerprint density at radius 3 is 2.61 bits per heavy atom. The van der Waals surface area contributed by atoms with E-state index < -0.39 is 16.9 Å². The monoisotopic (exact) mass is 381 g/mol. The van der Waals surface area contributed by atoms with Gasteiger partial charge in [0.05, 0.1) is 4.92 Å². The predicted octanol–water partition coefficient (Wildman–Crippen LogP) is 1.36. The number of amides is 2. The van der Waals surface area contributed by atoms with Gasteiger partial charge in [-0.25, -0.2) is 10.9 Å². The van der Waals surface area contributed by atoms with Gasteiger partial charge in [-0.05, 0) is 23.6 Å². The summed E-state index contributed by atoms with van der Waals surface area (Å²) in [6, 6.07) is 15.1. The van der Waals surface area contributed by atoms with Crippen LogP contribution in [0, 0.1) is 10.1 Å². The second kappa shape index (κ2) is 8.89. The van der Waals surface area contributed by atoms with Gasteiger partial charge < -0.3 is 0 Å². The van der Waals surface area contributed by atoms with Crippen molar-refractivity contribution >= 4 is 23.6 Å². The number of rotatable bonds is 5. The normalized spacial score (nSPS) is 18.7. The fourth-order valence-electron chi connectivity index (χ4n) is 2.80. The van der Waals surface area contributed by atoms with Crippen LogP contribution >= 0.6 is 0 Å². The first-order valence-electron chi connectivity index (χ1n) is 8.61. The van der Waals surface area contributed by atoms with Crippen molar-refractivity contribution in [3.8, 4) is 0 Å². The molecule has 0 spiro atoms. The summed E-state index contributed by atoms with van der Waals surface area (Å²) < 4.78 is 0. The van der Waals surface area contributed by atoms with Gasteiger partial charge in [0.1, 0.15) is 6.04 Å². The summed E-state index contributed by atoms with van der Waals surface area (Å²) in [6.07, 6.45) is 3.15. The number of carbonyl (C=O) groups excluding carboxylic acids is 2. The zero-order chi connectivity index (χ0) is 19.9. The molecule has 9 nitrogen and oxygen atoms in total. The summed E-state index contributed by atoms with van der Waals surface area (Å²) in [4.78, 5) is 34.3. The lowest BCUT2D eigenvalue weighted by Gasteiger charge is -2.10. The van der Waals surface area contributed by atoms with E-state index in [1.54, 1.807) is 6.07 Å². The minimum atomic E-state index is -0.551. The van der Waals surface area contributed by atoms with E-state index in [0.29, 0.717) is 12.0 Å². The molecule has 1 aliphatic heterocycles. The molecule has 2 atom stereocenters. The maximum absolute atomic E-state index is 12.2. The summed E-state index contributed by atoms with van der Waals surface area (Å²) in [5.41, 5.74) is 12.1. The van der Waals surface area contributed by atoms with Crippen LogP contribution in [0.1, 0.15) is 23.6 Å². The number of non-ortho nitro benzene ring substituents is 1. The fraction of sp³-hybridized carbons (Fsp3) is 0.158. The van der Waals surface area contributed by atoms with Crippen LogP contribution in [0.3, 0.4) is 0 Å².